The molecule has 0 aromatic heterocycles. The van der Waals surface area contributed by atoms with Gasteiger partial charge >= 0.3 is 5.97 Å². The highest BCUT2D eigenvalue weighted by atomic mass is 32.2. The third-order valence-corrected chi connectivity index (χ3v) is 3.37. The summed E-state index contributed by atoms with van der Waals surface area (Å²) >= 11 is 0. The maximum atomic E-state index is 12.6. The van der Waals surface area contributed by atoms with E-state index in [1.807, 2.05) is 4.72 Å². The summed E-state index contributed by atoms with van der Waals surface area (Å²) in [6.45, 7) is -0.612. The quantitative estimate of drug-likeness (QED) is 0.661. The second-order valence-electron chi connectivity index (χ2n) is 3.59. The second kappa shape index (κ2) is 5.89. The van der Waals surface area contributed by atoms with Gasteiger partial charge in [-0.1, -0.05) is 12.1 Å². The lowest BCUT2D eigenvalue weighted by Crippen LogP contribution is -2.37. The number of benzene rings is 1. The molecule has 1 atom stereocenters. The average molecular weight is 277 g/mol. The van der Waals surface area contributed by atoms with Gasteiger partial charge in [0.25, 0.3) is 0 Å². The molecule has 0 saturated heterocycles. The third-order valence-electron chi connectivity index (χ3n) is 2.05. The first-order valence-electron chi connectivity index (χ1n) is 4.93. The van der Waals surface area contributed by atoms with E-state index in [0.717, 1.165) is 12.1 Å². The van der Waals surface area contributed by atoms with Crippen LogP contribution in [0.3, 0.4) is 0 Å². The van der Waals surface area contributed by atoms with Gasteiger partial charge in [0.1, 0.15) is 5.82 Å². The third kappa shape index (κ3) is 4.78. The first kappa shape index (κ1) is 14.6. The molecule has 0 aliphatic heterocycles. The number of hydrogen-bond acceptors (Lipinski definition) is 4. The Bertz CT molecular complexity index is 514. The lowest BCUT2D eigenvalue weighted by molar-refractivity contribution is -0.146. The topological polar surface area (TPSA) is 104 Å². The van der Waals surface area contributed by atoms with Gasteiger partial charge in [0.2, 0.25) is 10.0 Å². The molecule has 1 aromatic carbocycles. The number of sulfonamides is 1. The van der Waals surface area contributed by atoms with Gasteiger partial charge in [-0.3, -0.25) is 0 Å². The van der Waals surface area contributed by atoms with Crippen molar-refractivity contribution in [1.82, 2.24) is 4.72 Å². The van der Waals surface area contributed by atoms with E-state index in [1.54, 1.807) is 0 Å². The average Bonchev–Trinajstić information content (AvgIpc) is 2.29. The van der Waals surface area contributed by atoms with Crippen molar-refractivity contribution in [2.75, 3.05) is 6.54 Å². The van der Waals surface area contributed by atoms with E-state index in [-0.39, 0.29) is 0 Å². The van der Waals surface area contributed by atoms with Gasteiger partial charge in [-0.2, -0.15) is 0 Å². The molecule has 0 fully saturated rings. The van der Waals surface area contributed by atoms with Crippen molar-refractivity contribution < 1.29 is 27.8 Å². The summed E-state index contributed by atoms with van der Waals surface area (Å²) in [6.07, 6.45) is -1.80. The number of aliphatic hydroxyl groups is 1. The first-order chi connectivity index (χ1) is 8.30. The Labute approximate surface area is 103 Å². The van der Waals surface area contributed by atoms with E-state index in [9.17, 15) is 17.6 Å². The molecular formula is C10H12FNO5S. The Kier molecular flexibility index (Phi) is 4.76. The Hall–Kier alpha value is -1.51. The van der Waals surface area contributed by atoms with E-state index in [2.05, 4.69) is 0 Å². The molecule has 18 heavy (non-hydrogen) atoms. The van der Waals surface area contributed by atoms with E-state index in [4.69, 9.17) is 10.2 Å². The molecule has 0 saturated carbocycles. The van der Waals surface area contributed by atoms with Crippen LogP contribution in [0.1, 0.15) is 5.56 Å². The second-order valence-corrected chi connectivity index (χ2v) is 5.39. The van der Waals surface area contributed by atoms with Crippen LogP contribution in [-0.2, 0) is 20.6 Å². The minimum Gasteiger partial charge on any atom is -0.479 e. The maximum Gasteiger partial charge on any atom is 0.333 e. The Morgan fingerprint density at radius 2 is 1.89 bits per heavy atom. The fraction of sp³-hybridized carbons (Fsp3) is 0.300. The number of aliphatic hydroxyl groups excluding tert-OH is 1. The van der Waals surface area contributed by atoms with Crippen molar-refractivity contribution in [2.24, 2.45) is 0 Å². The number of rotatable bonds is 6. The van der Waals surface area contributed by atoms with Gasteiger partial charge in [0.15, 0.2) is 6.10 Å². The van der Waals surface area contributed by atoms with Crippen LogP contribution in [0.25, 0.3) is 0 Å². The zero-order chi connectivity index (χ0) is 13.8. The molecule has 0 aliphatic carbocycles. The molecule has 0 aliphatic rings. The van der Waals surface area contributed by atoms with E-state index in [1.165, 1.54) is 12.1 Å². The summed E-state index contributed by atoms with van der Waals surface area (Å²) < 4.78 is 37.6. The summed E-state index contributed by atoms with van der Waals surface area (Å²) in [4.78, 5) is 10.3. The highest BCUT2D eigenvalue weighted by Gasteiger charge is 2.18. The van der Waals surface area contributed by atoms with E-state index >= 15 is 0 Å². The molecule has 100 valence electrons. The minimum atomic E-state index is -3.77. The van der Waals surface area contributed by atoms with Gasteiger partial charge < -0.3 is 10.2 Å². The smallest absolute Gasteiger partial charge is 0.333 e. The number of nitrogens with one attached hydrogen (secondary N) is 1. The van der Waals surface area contributed by atoms with Crippen LogP contribution in [0.5, 0.6) is 0 Å². The van der Waals surface area contributed by atoms with Crippen molar-refractivity contribution in [3.63, 3.8) is 0 Å². The van der Waals surface area contributed by atoms with Crippen molar-refractivity contribution in [3.8, 4) is 0 Å². The van der Waals surface area contributed by atoms with Crippen molar-refractivity contribution in [3.05, 3.63) is 35.6 Å². The molecule has 1 rings (SSSR count). The van der Waals surface area contributed by atoms with Crippen LogP contribution in [-0.4, -0.2) is 37.2 Å². The molecule has 0 amide bonds. The Morgan fingerprint density at radius 1 is 1.33 bits per heavy atom. The Morgan fingerprint density at radius 3 is 2.39 bits per heavy atom. The maximum absolute atomic E-state index is 12.6. The van der Waals surface area contributed by atoms with Crippen molar-refractivity contribution in [2.45, 2.75) is 11.9 Å². The monoisotopic (exact) mass is 277 g/mol. The van der Waals surface area contributed by atoms with Crippen LogP contribution in [0, 0.1) is 5.82 Å². The zero-order valence-corrected chi connectivity index (χ0v) is 10.0. The van der Waals surface area contributed by atoms with Crippen molar-refractivity contribution in [1.29, 1.82) is 0 Å². The summed E-state index contributed by atoms with van der Waals surface area (Å²) in [5, 5.41) is 17.3. The van der Waals surface area contributed by atoms with E-state index < -0.39 is 40.2 Å². The number of carbonyl (C=O) groups is 1. The Balaban J connectivity index is 2.60. The zero-order valence-electron chi connectivity index (χ0n) is 9.21. The minimum absolute atomic E-state index is 0.355. The summed E-state index contributed by atoms with van der Waals surface area (Å²) in [6, 6.07) is 4.86. The van der Waals surface area contributed by atoms with Crippen LogP contribution < -0.4 is 4.72 Å². The molecule has 3 N–H and O–H groups in total. The molecule has 6 nitrogen and oxygen atoms in total. The van der Waals surface area contributed by atoms with Crippen molar-refractivity contribution >= 4 is 16.0 Å². The fourth-order valence-corrected chi connectivity index (χ4v) is 2.29. The largest absolute Gasteiger partial charge is 0.479 e. The van der Waals surface area contributed by atoms with Crippen LogP contribution in [0.4, 0.5) is 4.39 Å². The number of hydrogen-bond donors (Lipinski definition) is 3. The SMILES string of the molecule is O=C(O)C(O)CNS(=O)(=O)Cc1ccc(F)cc1. The number of aliphatic carboxylic acids is 1. The lowest BCUT2D eigenvalue weighted by Gasteiger charge is -2.08. The molecule has 0 spiro atoms. The molecule has 0 bridgehead atoms. The molecule has 0 heterocycles. The molecule has 0 radical (unpaired) electrons. The summed E-state index contributed by atoms with van der Waals surface area (Å²) in [5.74, 6) is -2.41. The van der Waals surface area contributed by atoms with Crippen LogP contribution >= 0.6 is 0 Å². The van der Waals surface area contributed by atoms with E-state index in [0.29, 0.717) is 5.56 Å². The molecule has 8 heteroatoms. The lowest BCUT2D eigenvalue weighted by atomic mass is 10.2. The van der Waals surface area contributed by atoms with Crippen LogP contribution in [0.15, 0.2) is 24.3 Å². The summed E-state index contributed by atoms with van der Waals surface area (Å²) in [5.41, 5.74) is 0.355. The summed E-state index contributed by atoms with van der Waals surface area (Å²) in [7, 11) is -3.77. The normalized spacial score (nSPS) is 13.2. The number of carboxylic acids is 1. The molecular weight excluding hydrogens is 265 g/mol. The number of halogens is 1. The first-order valence-corrected chi connectivity index (χ1v) is 6.58. The fourth-order valence-electron chi connectivity index (χ4n) is 1.14. The standard InChI is InChI=1S/C10H12FNO5S/c11-8-3-1-7(2-4-8)6-18(16,17)12-5-9(13)10(14)15/h1-4,9,12-13H,5-6H2,(H,14,15). The van der Waals surface area contributed by atoms with Gasteiger partial charge in [-0.25, -0.2) is 22.3 Å². The molecule has 1 aromatic rings. The highest BCUT2D eigenvalue weighted by molar-refractivity contribution is 7.88. The van der Waals surface area contributed by atoms with Gasteiger partial charge in [-0.05, 0) is 17.7 Å². The van der Waals surface area contributed by atoms with Gasteiger partial charge in [0, 0.05) is 6.54 Å². The van der Waals surface area contributed by atoms with Gasteiger partial charge in [0.05, 0.1) is 5.75 Å². The highest BCUT2D eigenvalue weighted by Crippen LogP contribution is 2.06. The predicted molar refractivity (Wildman–Crippen MR) is 60.7 cm³/mol. The number of carboxylic acid groups (broad SMARTS) is 1. The van der Waals surface area contributed by atoms with Crippen LogP contribution in [0.2, 0.25) is 0 Å². The molecule has 1 unspecified atom stereocenters. The predicted octanol–water partition coefficient (Wildman–Crippen LogP) is -0.309. The van der Waals surface area contributed by atoms with Gasteiger partial charge in [-0.15, -0.1) is 0 Å².